The van der Waals surface area contributed by atoms with Crippen LogP contribution in [0.1, 0.15) is 18.0 Å². The van der Waals surface area contributed by atoms with Gasteiger partial charge in [-0.25, -0.2) is 4.79 Å². The number of nitrogens with zero attached hydrogens (tertiary/aromatic N) is 1. The highest BCUT2D eigenvalue weighted by molar-refractivity contribution is 6.42. The molecule has 0 aromatic heterocycles. The molecular formula is C14H19Cl3N2O2. The molecule has 1 atom stereocenters. The molecule has 1 aromatic carbocycles. The smallest absolute Gasteiger partial charge is 0.327 e. The molecule has 21 heavy (non-hydrogen) atoms. The van der Waals surface area contributed by atoms with E-state index in [0.29, 0.717) is 15.6 Å². The maximum Gasteiger partial charge on any atom is 0.327 e. The van der Waals surface area contributed by atoms with Gasteiger partial charge in [0.15, 0.2) is 0 Å². The number of esters is 1. The first-order valence-corrected chi connectivity index (χ1v) is 7.37. The SMILES string of the molecule is COC(=O)C(c1cccc(Cl)c1Cl)N1CCCNCC1.Cl. The van der Waals surface area contributed by atoms with E-state index in [2.05, 4.69) is 10.2 Å². The molecule has 1 aromatic rings. The molecule has 2 rings (SSSR count). The molecule has 0 radical (unpaired) electrons. The number of ether oxygens (including phenoxy) is 1. The van der Waals surface area contributed by atoms with E-state index in [1.54, 1.807) is 12.1 Å². The average molecular weight is 354 g/mol. The Balaban J connectivity index is 0.00000220. The van der Waals surface area contributed by atoms with Crippen molar-refractivity contribution in [3.05, 3.63) is 33.8 Å². The van der Waals surface area contributed by atoms with Gasteiger partial charge in [-0.1, -0.05) is 35.3 Å². The van der Waals surface area contributed by atoms with Gasteiger partial charge in [0.1, 0.15) is 6.04 Å². The van der Waals surface area contributed by atoms with Crippen LogP contribution in [0.3, 0.4) is 0 Å². The van der Waals surface area contributed by atoms with Gasteiger partial charge in [0.05, 0.1) is 17.2 Å². The summed E-state index contributed by atoms with van der Waals surface area (Å²) in [7, 11) is 1.39. The van der Waals surface area contributed by atoms with Gasteiger partial charge in [-0.2, -0.15) is 0 Å². The highest BCUT2D eigenvalue weighted by atomic mass is 35.5. The molecule has 0 amide bonds. The molecule has 4 nitrogen and oxygen atoms in total. The molecule has 0 spiro atoms. The normalized spacial score (nSPS) is 17.5. The Morgan fingerprint density at radius 2 is 2.10 bits per heavy atom. The summed E-state index contributed by atoms with van der Waals surface area (Å²) < 4.78 is 4.95. The Labute approximate surface area is 141 Å². The van der Waals surface area contributed by atoms with Crippen molar-refractivity contribution >= 4 is 41.6 Å². The largest absolute Gasteiger partial charge is 0.468 e. The topological polar surface area (TPSA) is 41.6 Å². The fourth-order valence-electron chi connectivity index (χ4n) is 2.44. The summed E-state index contributed by atoms with van der Waals surface area (Å²) in [4.78, 5) is 14.3. The van der Waals surface area contributed by atoms with E-state index in [9.17, 15) is 4.79 Å². The van der Waals surface area contributed by atoms with Crippen LogP contribution in [0.15, 0.2) is 18.2 Å². The number of carbonyl (C=O) groups excluding carboxylic acids is 1. The molecule has 0 aliphatic carbocycles. The number of rotatable bonds is 3. The quantitative estimate of drug-likeness (QED) is 0.848. The van der Waals surface area contributed by atoms with Gasteiger partial charge in [0.2, 0.25) is 0 Å². The maximum absolute atomic E-state index is 12.2. The minimum absolute atomic E-state index is 0. The fraction of sp³-hybridized carbons (Fsp3) is 0.500. The summed E-state index contributed by atoms with van der Waals surface area (Å²) in [6.07, 6.45) is 0.978. The van der Waals surface area contributed by atoms with Crippen LogP contribution >= 0.6 is 35.6 Å². The van der Waals surface area contributed by atoms with Crippen molar-refractivity contribution in [2.45, 2.75) is 12.5 Å². The van der Waals surface area contributed by atoms with E-state index < -0.39 is 6.04 Å². The van der Waals surface area contributed by atoms with E-state index >= 15 is 0 Å². The van der Waals surface area contributed by atoms with Gasteiger partial charge >= 0.3 is 5.97 Å². The number of nitrogens with one attached hydrogen (secondary N) is 1. The average Bonchev–Trinajstić information content (AvgIpc) is 2.72. The van der Waals surface area contributed by atoms with Crippen molar-refractivity contribution in [3.8, 4) is 0 Å². The second-order valence-electron chi connectivity index (χ2n) is 4.71. The van der Waals surface area contributed by atoms with Crippen LogP contribution in [-0.2, 0) is 9.53 Å². The molecule has 0 saturated carbocycles. The Morgan fingerprint density at radius 1 is 1.33 bits per heavy atom. The van der Waals surface area contributed by atoms with Gasteiger partial charge in [0.25, 0.3) is 0 Å². The zero-order chi connectivity index (χ0) is 14.5. The molecule has 1 saturated heterocycles. The van der Waals surface area contributed by atoms with E-state index in [-0.39, 0.29) is 18.4 Å². The first-order chi connectivity index (χ1) is 9.65. The van der Waals surface area contributed by atoms with Crippen LogP contribution in [-0.4, -0.2) is 44.2 Å². The van der Waals surface area contributed by atoms with Gasteiger partial charge in [-0.15, -0.1) is 12.4 Å². The third-order valence-electron chi connectivity index (χ3n) is 3.44. The standard InChI is InChI=1S/C14H18Cl2N2O2.ClH/c1-20-14(19)13(18-8-3-6-17-7-9-18)10-4-2-5-11(15)12(10)16;/h2,4-5,13,17H,3,6-9H2,1H3;1H. The van der Waals surface area contributed by atoms with Gasteiger partial charge in [-0.3, -0.25) is 4.90 Å². The second kappa shape index (κ2) is 8.81. The van der Waals surface area contributed by atoms with E-state index in [0.717, 1.165) is 32.6 Å². The minimum Gasteiger partial charge on any atom is -0.468 e. The molecule has 0 bridgehead atoms. The zero-order valence-corrected chi connectivity index (χ0v) is 14.1. The van der Waals surface area contributed by atoms with Gasteiger partial charge < -0.3 is 10.1 Å². The molecule has 7 heteroatoms. The van der Waals surface area contributed by atoms with E-state index in [1.807, 2.05) is 6.07 Å². The molecule has 1 unspecified atom stereocenters. The predicted molar refractivity (Wildman–Crippen MR) is 87.5 cm³/mol. The number of hydrogen-bond acceptors (Lipinski definition) is 4. The van der Waals surface area contributed by atoms with Crippen molar-refractivity contribution in [3.63, 3.8) is 0 Å². The molecule has 1 heterocycles. The molecular weight excluding hydrogens is 335 g/mol. The van der Waals surface area contributed by atoms with E-state index in [1.165, 1.54) is 7.11 Å². The third kappa shape index (κ3) is 4.47. The zero-order valence-electron chi connectivity index (χ0n) is 11.8. The van der Waals surface area contributed by atoms with Crippen molar-refractivity contribution in [2.24, 2.45) is 0 Å². The lowest BCUT2D eigenvalue weighted by atomic mass is 10.0. The summed E-state index contributed by atoms with van der Waals surface area (Å²) >= 11 is 12.3. The van der Waals surface area contributed by atoms with Crippen molar-refractivity contribution in [1.82, 2.24) is 10.2 Å². The van der Waals surface area contributed by atoms with Crippen molar-refractivity contribution in [1.29, 1.82) is 0 Å². The highest BCUT2D eigenvalue weighted by Crippen LogP contribution is 2.33. The predicted octanol–water partition coefficient (Wildman–Crippen LogP) is 2.92. The highest BCUT2D eigenvalue weighted by Gasteiger charge is 2.31. The summed E-state index contributed by atoms with van der Waals surface area (Å²) in [5.74, 6) is -0.309. The van der Waals surface area contributed by atoms with E-state index in [4.69, 9.17) is 27.9 Å². The van der Waals surface area contributed by atoms with Crippen molar-refractivity contribution < 1.29 is 9.53 Å². The summed E-state index contributed by atoms with van der Waals surface area (Å²) in [5, 5.41) is 4.18. The summed E-state index contributed by atoms with van der Waals surface area (Å²) in [6.45, 7) is 3.37. The summed E-state index contributed by atoms with van der Waals surface area (Å²) in [5.41, 5.74) is 0.702. The van der Waals surface area contributed by atoms with Gasteiger partial charge in [-0.05, 0) is 19.0 Å². The molecule has 1 fully saturated rings. The minimum atomic E-state index is -0.508. The molecule has 118 valence electrons. The fourth-order valence-corrected chi connectivity index (χ4v) is 2.85. The number of halogens is 3. The lowest BCUT2D eigenvalue weighted by Gasteiger charge is -2.29. The Hall–Kier alpha value is -0.520. The van der Waals surface area contributed by atoms with Gasteiger partial charge in [0, 0.05) is 25.2 Å². The van der Waals surface area contributed by atoms with Crippen LogP contribution < -0.4 is 5.32 Å². The Morgan fingerprint density at radius 3 is 2.81 bits per heavy atom. The first kappa shape index (κ1) is 18.5. The van der Waals surface area contributed by atoms with Crippen LogP contribution in [0.4, 0.5) is 0 Å². The monoisotopic (exact) mass is 352 g/mol. The lowest BCUT2D eigenvalue weighted by Crippen LogP contribution is -2.37. The second-order valence-corrected chi connectivity index (χ2v) is 5.49. The maximum atomic E-state index is 12.2. The lowest BCUT2D eigenvalue weighted by molar-refractivity contribution is -0.147. The van der Waals surface area contributed by atoms with Crippen LogP contribution in [0.25, 0.3) is 0 Å². The Bertz CT molecular complexity index is 477. The molecule has 1 aliphatic rings. The first-order valence-electron chi connectivity index (χ1n) is 6.61. The summed E-state index contributed by atoms with van der Waals surface area (Å²) in [6, 6.07) is 4.83. The van der Waals surface area contributed by atoms with Crippen molar-refractivity contribution in [2.75, 3.05) is 33.3 Å². The molecule has 1 aliphatic heterocycles. The Kier molecular flexibility index (Phi) is 7.77. The van der Waals surface area contributed by atoms with Crippen LogP contribution in [0.2, 0.25) is 10.0 Å². The third-order valence-corrected chi connectivity index (χ3v) is 4.27. The molecule has 1 N–H and O–H groups in total. The number of benzene rings is 1. The number of hydrogen-bond donors (Lipinski definition) is 1. The van der Waals surface area contributed by atoms with Crippen LogP contribution in [0.5, 0.6) is 0 Å². The van der Waals surface area contributed by atoms with Crippen LogP contribution in [0, 0.1) is 0 Å². The number of methoxy groups -OCH3 is 1. The number of carbonyl (C=O) groups is 1.